The summed E-state index contributed by atoms with van der Waals surface area (Å²) < 4.78 is 57.2. The van der Waals surface area contributed by atoms with Gasteiger partial charge in [0.05, 0.1) is 12.7 Å². The molecule has 0 aliphatic carbocycles. The van der Waals surface area contributed by atoms with Gasteiger partial charge in [0.25, 0.3) is 0 Å². The van der Waals surface area contributed by atoms with Crippen molar-refractivity contribution in [3.05, 3.63) is 65.0 Å². The van der Waals surface area contributed by atoms with Gasteiger partial charge in [-0.2, -0.15) is 13.2 Å². The van der Waals surface area contributed by atoms with E-state index in [0.29, 0.717) is 18.2 Å². The molecule has 0 saturated heterocycles. The third kappa shape index (κ3) is 3.16. The molecule has 0 aliphatic heterocycles. The van der Waals surface area contributed by atoms with E-state index >= 15 is 0 Å². The molecule has 1 unspecified atom stereocenters. The number of hydrogen-bond acceptors (Lipinski definition) is 2. The highest BCUT2D eigenvalue weighted by Gasteiger charge is 2.36. The van der Waals surface area contributed by atoms with E-state index in [-0.39, 0.29) is 11.3 Å². The van der Waals surface area contributed by atoms with E-state index in [4.69, 9.17) is 4.74 Å². The van der Waals surface area contributed by atoms with Gasteiger partial charge in [-0.3, -0.25) is 0 Å². The molecule has 1 atom stereocenters. The first-order valence-electron chi connectivity index (χ1n) is 6.02. The molecule has 6 heteroatoms. The lowest BCUT2D eigenvalue weighted by Gasteiger charge is -2.19. The Kier molecular flexibility index (Phi) is 4.18. The molecule has 1 N–H and O–H groups in total. The molecule has 0 saturated carbocycles. The van der Waals surface area contributed by atoms with Crippen LogP contribution in [0.5, 0.6) is 5.75 Å². The average molecular weight is 300 g/mol. The number of alkyl halides is 3. The molecule has 0 heterocycles. The van der Waals surface area contributed by atoms with Crippen LogP contribution in [0.2, 0.25) is 0 Å². The van der Waals surface area contributed by atoms with Crippen molar-refractivity contribution in [1.82, 2.24) is 0 Å². The van der Waals surface area contributed by atoms with Crippen LogP contribution < -0.4 is 4.74 Å². The van der Waals surface area contributed by atoms with Gasteiger partial charge in [0.2, 0.25) is 0 Å². The fourth-order valence-corrected chi connectivity index (χ4v) is 2.08. The minimum atomic E-state index is -4.69. The summed E-state index contributed by atoms with van der Waals surface area (Å²) in [4.78, 5) is 0. The van der Waals surface area contributed by atoms with Crippen LogP contribution in [0, 0.1) is 5.82 Å². The highest BCUT2D eigenvalue weighted by molar-refractivity contribution is 5.43. The Bertz CT molecular complexity index is 638. The lowest BCUT2D eigenvalue weighted by Crippen LogP contribution is -2.13. The van der Waals surface area contributed by atoms with Crippen molar-refractivity contribution in [3.8, 4) is 5.75 Å². The first-order chi connectivity index (χ1) is 9.84. The SMILES string of the molecule is COc1ccccc1C(O)c1cc(F)ccc1C(F)(F)F. The second kappa shape index (κ2) is 5.73. The summed E-state index contributed by atoms with van der Waals surface area (Å²) in [6.45, 7) is 0. The predicted octanol–water partition coefficient (Wildman–Crippen LogP) is 3.93. The number of methoxy groups -OCH3 is 1. The smallest absolute Gasteiger partial charge is 0.416 e. The van der Waals surface area contributed by atoms with Gasteiger partial charge in [-0.15, -0.1) is 0 Å². The van der Waals surface area contributed by atoms with Crippen molar-refractivity contribution in [1.29, 1.82) is 0 Å². The fourth-order valence-electron chi connectivity index (χ4n) is 2.08. The second-order valence-electron chi connectivity index (χ2n) is 4.37. The van der Waals surface area contributed by atoms with Crippen LogP contribution in [-0.4, -0.2) is 12.2 Å². The molecule has 0 radical (unpaired) electrons. The summed E-state index contributed by atoms with van der Waals surface area (Å²) in [5, 5.41) is 10.2. The maximum Gasteiger partial charge on any atom is 0.416 e. The monoisotopic (exact) mass is 300 g/mol. The summed E-state index contributed by atoms with van der Waals surface area (Å²) >= 11 is 0. The Balaban J connectivity index is 2.57. The lowest BCUT2D eigenvalue weighted by atomic mass is 9.95. The largest absolute Gasteiger partial charge is 0.496 e. The summed E-state index contributed by atoms with van der Waals surface area (Å²) in [5.41, 5.74) is -1.49. The van der Waals surface area contributed by atoms with E-state index in [9.17, 15) is 22.7 Å². The Morgan fingerprint density at radius 1 is 1.05 bits per heavy atom. The lowest BCUT2D eigenvalue weighted by molar-refractivity contribution is -0.139. The van der Waals surface area contributed by atoms with Crippen LogP contribution in [0.4, 0.5) is 17.6 Å². The molecule has 0 amide bonds. The molecule has 0 aliphatic rings. The minimum Gasteiger partial charge on any atom is -0.496 e. The van der Waals surface area contributed by atoms with Crippen LogP contribution in [0.15, 0.2) is 42.5 Å². The van der Waals surface area contributed by atoms with Gasteiger partial charge in [-0.05, 0) is 24.3 Å². The van der Waals surface area contributed by atoms with E-state index in [1.54, 1.807) is 12.1 Å². The van der Waals surface area contributed by atoms with E-state index in [0.717, 1.165) is 0 Å². The van der Waals surface area contributed by atoms with Crippen LogP contribution in [-0.2, 0) is 6.18 Å². The summed E-state index contributed by atoms with van der Waals surface area (Å²) in [5.74, 6) is -0.630. The fraction of sp³-hybridized carbons (Fsp3) is 0.200. The molecular formula is C15H12F4O2. The maximum atomic E-state index is 13.3. The Morgan fingerprint density at radius 3 is 2.33 bits per heavy atom. The molecule has 0 bridgehead atoms. The number of halogens is 4. The zero-order chi connectivity index (χ0) is 15.6. The molecule has 0 spiro atoms. The molecule has 21 heavy (non-hydrogen) atoms. The Morgan fingerprint density at radius 2 is 1.71 bits per heavy atom. The van der Waals surface area contributed by atoms with Gasteiger partial charge in [0.15, 0.2) is 0 Å². The van der Waals surface area contributed by atoms with E-state index in [1.165, 1.54) is 19.2 Å². The number of para-hydroxylation sites is 1. The topological polar surface area (TPSA) is 29.5 Å². The Hall–Kier alpha value is -2.08. The molecule has 2 aromatic carbocycles. The summed E-state index contributed by atoms with van der Waals surface area (Å²) in [6, 6.07) is 8.10. The first-order valence-corrected chi connectivity index (χ1v) is 6.02. The first kappa shape index (κ1) is 15.3. The normalized spacial score (nSPS) is 13.0. The van der Waals surface area contributed by atoms with E-state index in [1.807, 2.05) is 0 Å². The molecule has 2 rings (SSSR count). The van der Waals surface area contributed by atoms with Crippen molar-refractivity contribution in [3.63, 3.8) is 0 Å². The van der Waals surface area contributed by atoms with Crippen molar-refractivity contribution in [2.24, 2.45) is 0 Å². The molecular weight excluding hydrogens is 288 g/mol. The average Bonchev–Trinajstić information content (AvgIpc) is 2.45. The van der Waals surface area contributed by atoms with Crippen LogP contribution in [0.3, 0.4) is 0 Å². The number of benzene rings is 2. The zero-order valence-corrected chi connectivity index (χ0v) is 11.0. The predicted molar refractivity (Wildman–Crippen MR) is 68.5 cm³/mol. The number of aliphatic hydroxyl groups excluding tert-OH is 1. The minimum absolute atomic E-state index is 0.135. The molecule has 0 fully saturated rings. The number of hydrogen-bond donors (Lipinski definition) is 1. The Labute approximate surface area is 118 Å². The van der Waals surface area contributed by atoms with Gasteiger partial charge < -0.3 is 9.84 Å². The molecule has 0 aromatic heterocycles. The quantitative estimate of drug-likeness (QED) is 0.870. The van der Waals surface area contributed by atoms with Gasteiger partial charge in [0, 0.05) is 11.1 Å². The molecule has 2 aromatic rings. The number of aliphatic hydroxyl groups is 1. The van der Waals surface area contributed by atoms with Crippen LogP contribution in [0.25, 0.3) is 0 Å². The zero-order valence-electron chi connectivity index (χ0n) is 11.0. The van der Waals surface area contributed by atoms with Crippen molar-refractivity contribution in [2.75, 3.05) is 7.11 Å². The number of ether oxygens (including phenoxy) is 1. The molecule has 2 nitrogen and oxygen atoms in total. The molecule has 112 valence electrons. The van der Waals surface area contributed by atoms with E-state index < -0.39 is 29.2 Å². The number of rotatable bonds is 3. The van der Waals surface area contributed by atoms with E-state index in [2.05, 4.69) is 0 Å². The summed E-state index contributed by atoms with van der Waals surface area (Å²) in [6.07, 6.45) is -6.33. The van der Waals surface area contributed by atoms with Crippen molar-refractivity contribution >= 4 is 0 Å². The van der Waals surface area contributed by atoms with Crippen LogP contribution >= 0.6 is 0 Å². The highest BCUT2D eigenvalue weighted by Crippen LogP contribution is 2.38. The third-order valence-corrected chi connectivity index (χ3v) is 3.05. The second-order valence-corrected chi connectivity index (χ2v) is 4.37. The standard InChI is InChI=1S/C15H12F4O2/c1-21-13-5-3-2-4-10(13)14(20)11-8-9(16)6-7-12(11)15(17,18)19/h2-8,14,20H,1H3. The van der Waals surface area contributed by atoms with Gasteiger partial charge in [0.1, 0.15) is 17.7 Å². The van der Waals surface area contributed by atoms with Gasteiger partial charge >= 0.3 is 6.18 Å². The van der Waals surface area contributed by atoms with Crippen molar-refractivity contribution < 1.29 is 27.4 Å². The van der Waals surface area contributed by atoms with Gasteiger partial charge in [-0.25, -0.2) is 4.39 Å². The van der Waals surface area contributed by atoms with Crippen LogP contribution in [0.1, 0.15) is 22.8 Å². The van der Waals surface area contributed by atoms with Gasteiger partial charge in [-0.1, -0.05) is 18.2 Å². The third-order valence-electron chi connectivity index (χ3n) is 3.05. The summed E-state index contributed by atoms with van der Waals surface area (Å²) in [7, 11) is 1.34. The van der Waals surface area contributed by atoms with Crippen molar-refractivity contribution in [2.45, 2.75) is 12.3 Å². The maximum absolute atomic E-state index is 13.3. The highest BCUT2D eigenvalue weighted by atomic mass is 19.4.